The monoisotopic (exact) mass is 752 g/mol. The molecule has 2 fully saturated rings. The molecule has 0 bridgehead atoms. The molecule has 4 heterocycles. The van der Waals surface area contributed by atoms with E-state index in [-0.39, 0.29) is 47.8 Å². The molecule has 6 atom stereocenters. The lowest BCUT2D eigenvalue weighted by atomic mass is 10.0. The van der Waals surface area contributed by atoms with Gasteiger partial charge in [-0.25, -0.2) is 19.6 Å². The van der Waals surface area contributed by atoms with Crippen molar-refractivity contribution in [3.8, 4) is 23.7 Å². The number of methoxy groups -OCH3 is 2. The lowest BCUT2D eigenvalue weighted by molar-refractivity contribution is -0.138. The van der Waals surface area contributed by atoms with E-state index in [0.29, 0.717) is 23.0 Å². The topological polar surface area (TPSA) is 175 Å². The van der Waals surface area contributed by atoms with Crippen LogP contribution in [-0.2, 0) is 19.1 Å². The number of imidazole rings is 2. The van der Waals surface area contributed by atoms with Crippen LogP contribution in [0.1, 0.15) is 119 Å². The molecule has 0 spiro atoms. The summed E-state index contributed by atoms with van der Waals surface area (Å²) in [7, 11) is 2.56. The lowest BCUT2D eigenvalue weighted by Crippen LogP contribution is -2.52. The lowest BCUT2D eigenvalue weighted by Gasteiger charge is -2.32. The number of aromatic amines is 2. The fourth-order valence-electron chi connectivity index (χ4n) is 7.21. The number of alkyl carbamates (subject to hydrolysis) is 2. The molecule has 0 aliphatic carbocycles. The maximum Gasteiger partial charge on any atom is 0.407 e. The molecule has 292 valence electrons. The van der Waals surface area contributed by atoms with Crippen LogP contribution >= 0.6 is 0 Å². The number of nitrogens with zero attached hydrogens (tertiary/aromatic N) is 4. The Morgan fingerprint density at radius 1 is 0.727 bits per heavy atom. The van der Waals surface area contributed by atoms with Gasteiger partial charge < -0.3 is 39.9 Å². The average molecular weight is 753 g/mol. The molecule has 5 rings (SSSR count). The zero-order valence-corrected chi connectivity index (χ0v) is 33.1. The number of amides is 4. The third-order valence-electron chi connectivity index (χ3n) is 10.3. The molecule has 2 aromatic heterocycles. The number of likely N-dealkylation sites (tertiary alicyclic amines) is 2. The molecule has 2 aliphatic heterocycles. The molecule has 0 radical (unpaired) electrons. The summed E-state index contributed by atoms with van der Waals surface area (Å²) in [6.45, 7) is 13.5. The third-order valence-corrected chi connectivity index (χ3v) is 10.3. The molecular weight excluding hydrogens is 701 g/mol. The Bertz CT molecular complexity index is 1990. The molecule has 0 saturated carbocycles. The van der Waals surface area contributed by atoms with Crippen LogP contribution in [0.25, 0.3) is 0 Å². The normalized spacial score (nSPS) is 20.3. The van der Waals surface area contributed by atoms with E-state index in [0.717, 1.165) is 42.5 Å². The Hall–Kier alpha value is -5.76. The van der Waals surface area contributed by atoms with Crippen LogP contribution < -0.4 is 10.6 Å². The highest BCUT2D eigenvalue weighted by molar-refractivity contribution is 5.87. The number of ether oxygens (including phenoxy) is 2. The summed E-state index contributed by atoms with van der Waals surface area (Å²) in [4.78, 5) is 71.0. The van der Waals surface area contributed by atoms with Crippen LogP contribution in [0.15, 0.2) is 30.5 Å². The first-order chi connectivity index (χ1) is 26.2. The van der Waals surface area contributed by atoms with Crippen molar-refractivity contribution in [2.24, 2.45) is 11.8 Å². The minimum absolute atomic E-state index is 0.0172. The van der Waals surface area contributed by atoms with Crippen molar-refractivity contribution in [2.45, 2.75) is 110 Å². The number of carbonyl (C=O) groups excluding carboxylic acids is 4. The molecule has 4 N–H and O–H groups in total. The van der Waals surface area contributed by atoms with Crippen molar-refractivity contribution in [3.63, 3.8) is 0 Å². The van der Waals surface area contributed by atoms with Crippen molar-refractivity contribution in [1.29, 1.82) is 0 Å². The van der Waals surface area contributed by atoms with E-state index in [9.17, 15) is 19.2 Å². The van der Waals surface area contributed by atoms with Gasteiger partial charge in [0.05, 0.1) is 32.5 Å². The summed E-state index contributed by atoms with van der Waals surface area (Å²) in [5.41, 5.74) is 3.62. The Balaban J connectivity index is 1.25. The minimum atomic E-state index is -0.721. The fourth-order valence-corrected chi connectivity index (χ4v) is 7.21. The largest absolute Gasteiger partial charge is 0.453 e. The van der Waals surface area contributed by atoms with Crippen LogP contribution in [0, 0.1) is 42.4 Å². The summed E-state index contributed by atoms with van der Waals surface area (Å²) in [6, 6.07) is 5.58. The summed E-state index contributed by atoms with van der Waals surface area (Å²) in [5, 5.41) is 5.38. The zero-order chi connectivity index (χ0) is 40.0. The number of hydrogen-bond acceptors (Lipinski definition) is 8. The van der Waals surface area contributed by atoms with Gasteiger partial charge in [-0.1, -0.05) is 39.5 Å². The third kappa shape index (κ3) is 9.31. The molecule has 14 nitrogen and oxygen atoms in total. The minimum Gasteiger partial charge on any atom is -0.453 e. The highest BCUT2D eigenvalue weighted by Gasteiger charge is 2.42. The predicted molar refractivity (Wildman–Crippen MR) is 205 cm³/mol. The van der Waals surface area contributed by atoms with Gasteiger partial charge in [-0.05, 0) is 94.4 Å². The van der Waals surface area contributed by atoms with Gasteiger partial charge in [0, 0.05) is 28.9 Å². The van der Waals surface area contributed by atoms with Gasteiger partial charge in [-0.2, -0.15) is 0 Å². The van der Waals surface area contributed by atoms with E-state index < -0.39 is 24.3 Å². The second-order valence-corrected chi connectivity index (χ2v) is 14.9. The maximum absolute atomic E-state index is 13.7. The van der Waals surface area contributed by atoms with Crippen LogP contribution in [0.5, 0.6) is 0 Å². The number of benzene rings is 1. The quantitative estimate of drug-likeness (QED) is 0.230. The summed E-state index contributed by atoms with van der Waals surface area (Å²) < 4.78 is 9.52. The second-order valence-electron chi connectivity index (χ2n) is 14.9. The summed E-state index contributed by atoms with van der Waals surface area (Å²) in [5.74, 6) is 13.4. The molecular formula is C41H52N8O6. The van der Waals surface area contributed by atoms with Gasteiger partial charge in [0.15, 0.2) is 0 Å². The number of aromatic nitrogens is 4. The van der Waals surface area contributed by atoms with Crippen molar-refractivity contribution in [3.05, 3.63) is 70.3 Å². The van der Waals surface area contributed by atoms with Gasteiger partial charge in [-0.3, -0.25) is 9.59 Å². The maximum atomic E-state index is 13.7. The fraction of sp³-hybridized carbons (Fsp3) is 0.512. The van der Waals surface area contributed by atoms with E-state index >= 15 is 0 Å². The number of H-pyrrole nitrogens is 2. The molecule has 2 aliphatic rings. The average Bonchev–Trinajstić information content (AvgIpc) is 3.96. The Kier molecular flexibility index (Phi) is 12.9. The van der Waals surface area contributed by atoms with Gasteiger partial charge >= 0.3 is 12.2 Å². The van der Waals surface area contributed by atoms with E-state index in [4.69, 9.17) is 14.5 Å². The number of nitrogens with one attached hydrogen (secondary N) is 4. The molecule has 0 unspecified atom stereocenters. The predicted octanol–water partition coefficient (Wildman–Crippen LogP) is 5.11. The number of carbonyl (C=O) groups is 4. The molecule has 2 saturated heterocycles. The first-order valence-corrected chi connectivity index (χ1v) is 18.8. The molecule has 4 amide bonds. The smallest absolute Gasteiger partial charge is 0.407 e. The first-order valence-electron chi connectivity index (χ1n) is 18.8. The van der Waals surface area contributed by atoms with E-state index in [1.165, 1.54) is 14.2 Å². The van der Waals surface area contributed by atoms with Crippen molar-refractivity contribution in [1.82, 2.24) is 40.4 Å². The van der Waals surface area contributed by atoms with E-state index in [1.54, 1.807) is 6.20 Å². The van der Waals surface area contributed by atoms with Gasteiger partial charge in [-0.15, -0.1) is 0 Å². The molecule has 14 heteroatoms. The van der Waals surface area contributed by atoms with Gasteiger partial charge in [0.2, 0.25) is 11.8 Å². The summed E-state index contributed by atoms with van der Waals surface area (Å²) in [6.07, 6.45) is 3.50. The Labute approximate surface area is 322 Å². The highest BCUT2D eigenvalue weighted by atomic mass is 16.5. The van der Waals surface area contributed by atoms with Gasteiger partial charge in [0.25, 0.3) is 0 Å². The van der Waals surface area contributed by atoms with Gasteiger partial charge in [0.1, 0.15) is 35.1 Å². The van der Waals surface area contributed by atoms with Crippen molar-refractivity contribution < 1.29 is 28.7 Å². The van der Waals surface area contributed by atoms with Crippen LogP contribution in [0.3, 0.4) is 0 Å². The molecule has 1 aromatic carbocycles. The zero-order valence-electron chi connectivity index (χ0n) is 33.1. The van der Waals surface area contributed by atoms with Crippen molar-refractivity contribution >= 4 is 24.0 Å². The van der Waals surface area contributed by atoms with Crippen molar-refractivity contribution in [2.75, 3.05) is 14.2 Å². The standard InChI is InChI=1S/C41H52N8O6/c1-23(2)34(46-40(52)54-8)38(50)48-25(5)10-20-32(48)36-42-22-30(44-36)18-16-28-12-14-29(15-13-28)17-19-31-27(7)43-37(45-31)33-21-11-26(6)49(33)39(51)35(24(3)4)47-41(53)55-9/h12-15,22-26,32-35H,10-11,20-21H2,1-9H3,(H,42,44)(H,43,45)(H,46,52)(H,47,53)/t25-,26-,32-,33-,34-,35-/m0/s1. The van der Waals surface area contributed by atoms with E-state index in [2.05, 4.69) is 49.3 Å². The molecule has 3 aromatic rings. The van der Waals surface area contributed by atoms with Crippen LogP contribution in [0.4, 0.5) is 9.59 Å². The number of hydrogen-bond donors (Lipinski definition) is 4. The number of rotatable bonds is 8. The first kappa shape index (κ1) is 40.4. The summed E-state index contributed by atoms with van der Waals surface area (Å²) >= 11 is 0. The molecule has 55 heavy (non-hydrogen) atoms. The SMILES string of the molecule is COC(=O)N[C@H](C(=O)N1[C@@H](C)CC[C@H]1c1ncc(C#Cc2ccc(C#Cc3nc([C@@H]4CC[C@H](C)N4C(=O)[C@@H](NC(=O)OC)C(C)C)[nH]c3C)cc2)[nH]1)C(C)C. The number of aryl methyl sites for hydroxylation is 1. The van der Waals surface area contributed by atoms with E-state index in [1.807, 2.05) is 82.5 Å². The Morgan fingerprint density at radius 3 is 1.67 bits per heavy atom. The van der Waals surface area contributed by atoms with Crippen LogP contribution in [0.2, 0.25) is 0 Å². The Morgan fingerprint density at radius 2 is 1.20 bits per heavy atom. The highest BCUT2D eigenvalue weighted by Crippen LogP contribution is 2.37. The van der Waals surface area contributed by atoms with Crippen LogP contribution in [-0.4, -0.2) is 92.1 Å². The second kappa shape index (κ2) is 17.6.